The maximum Gasteiger partial charge on any atom is 0.342 e. The second kappa shape index (κ2) is 6.09. The molecule has 1 N–H and O–H groups in total. The fourth-order valence-corrected chi connectivity index (χ4v) is 2.48. The second-order valence-corrected chi connectivity index (χ2v) is 5.60. The molecule has 0 atom stereocenters. The topological polar surface area (TPSA) is 46.5 Å². The molecule has 1 aliphatic carbocycles. The third-order valence-electron chi connectivity index (χ3n) is 3.73. The Kier molecular flexibility index (Phi) is 4.46. The van der Waals surface area contributed by atoms with E-state index < -0.39 is 5.97 Å². The molecule has 0 unspecified atom stereocenters. The van der Waals surface area contributed by atoms with Crippen molar-refractivity contribution >= 4 is 5.97 Å². The maximum absolute atomic E-state index is 12.0. The Morgan fingerprint density at radius 1 is 1.26 bits per heavy atom. The minimum atomic E-state index is -0.403. The SMILES string of the molecule is CC(C)c1ccc(C(=O)OC2CCCCC2)c(O)c1. The number of carbonyl (C=O) groups is 1. The summed E-state index contributed by atoms with van der Waals surface area (Å²) in [4.78, 5) is 12.0. The zero-order chi connectivity index (χ0) is 13.8. The molecule has 0 bridgehead atoms. The Labute approximate surface area is 114 Å². The quantitative estimate of drug-likeness (QED) is 0.837. The van der Waals surface area contributed by atoms with E-state index in [2.05, 4.69) is 13.8 Å². The summed E-state index contributed by atoms with van der Waals surface area (Å²) in [5.74, 6) is -0.0546. The van der Waals surface area contributed by atoms with Crippen LogP contribution in [0.3, 0.4) is 0 Å². The lowest BCUT2D eigenvalue weighted by Gasteiger charge is -2.22. The maximum atomic E-state index is 12.0. The van der Waals surface area contributed by atoms with Gasteiger partial charge in [-0.2, -0.15) is 0 Å². The van der Waals surface area contributed by atoms with Crippen molar-refractivity contribution in [1.29, 1.82) is 0 Å². The van der Waals surface area contributed by atoms with Gasteiger partial charge in [-0.15, -0.1) is 0 Å². The van der Waals surface area contributed by atoms with E-state index in [0.29, 0.717) is 5.92 Å². The van der Waals surface area contributed by atoms with E-state index in [1.807, 2.05) is 6.07 Å². The molecule has 0 aromatic heterocycles. The first-order valence-electron chi connectivity index (χ1n) is 7.12. The van der Waals surface area contributed by atoms with Crippen LogP contribution in [0.15, 0.2) is 18.2 Å². The number of rotatable bonds is 3. The van der Waals surface area contributed by atoms with E-state index in [1.54, 1.807) is 12.1 Å². The molecule has 3 nitrogen and oxygen atoms in total. The van der Waals surface area contributed by atoms with Crippen LogP contribution in [0.1, 0.15) is 67.8 Å². The molecule has 0 saturated heterocycles. The molecule has 1 aromatic rings. The Morgan fingerprint density at radius 3 is 2.53 bits per heavy atom. The lowest BCUT2D eigenvalue weighted by molar-refractivity contribution is 0.0208. The van der Waals surface area contributed by atoms with Gasteiger partial charge in [-0.05, 0) is 49.3 Å². The summed E-state index contributed by atoms with van der Waals surface area (Å²) in [7, 11) is 0. The molecular formula is C16H22O3. The van der Waals surface area contributed by atoms with E-state index in [9.17, 15) is 9.90 Å². The second-order valence-electron chi connectivity index (χ2n) is 5.60. The number of hydrogen-bond acceptors (Lipinski definition) is 3. The minimum Gasteiger partial charge on any atom is -0.507 e. The normalized spacial score (nSPS) is 16.6. The standard InChI is InChI=1S/C16H22O3/c1-11(2)12-8-9-14(15(17)10-12)16(18)19-13-6-4-3-5-7-13/h8-11,13,17H,3-7H2,1-2H3. The molecule has 19 heavy (non-hydrogen) atoms. The van der Waals surface area contributed by atoms with Gasteiger partial charge in [0, 0.05) is 0 Å². The molecule has 0 spiro atoms. The summed E-state index contributed by atoms with van der Waals surface area (Å²) in [6, 6.07) is 5.19. The van der Waals surface area contributed by atoms with Crippen molar-refractivity contribution in [3.05, 3.63) is 29.3 Å². The molecule has 1 fully saturated rings. The lowest BCUT2D eigenvalue weighted by Crippen LogP contribution is -2.21. The van der Waals surface area contributed by atoms with Crippen molar-refractivity contribution in [3.63, 3.8) is 0 Å². The fourth-order valence-electron chi connectivity index (χ4n) is 2.48. The molecule has 0 amide bonds. The van der Waals surface area contributed by atoms with Crippen molar-refractivity contribution in [2.75, 3.05) is 0 Å². The molecule has 2 rings (SSSR count). The van der Waals surface area contributed by atoms with Crippen molar-refractivity contribution in [2.24, 2.45) is 0 Å². The highest BCUT2D eigenvalue weighted by Crippen LogP contribution is 2.26. The minimum absolute atomic E-state index is 0.0189. The molecule has 3 heteroatoms. The van der Waals surface area contributed by atoms with E-state index in [4.69, 9.17) is 4.74 Å². The first kappa shape index (κ1) is 13.9. The highest BCUT2D eigenvalue weighted by Gasteiger charge is 2.20. The summed E-state index contributed by atoms with van der Waals surface area (Å²) < 4.78 is 5.46. The summed E-state index contributed by atoms with van der Waals surface area (Å²) in [5.41, 5.74) is 1.29. The predicted octanol–water partition coefficient (Wildman–Crippen LogP) is 4.01. The molecule has 1 saturated carbocycles. The number of phenols is 1. The molecule has 1 aliphatic rings. The number of carbonyl (C=O) groups excluding carboxylic acids is 1. The third kappa shape index (κ3) is 3.49. The van der Waals surface area contributed by atoms with Crippen LogP contribution in [0.2, 0.25) is 0 Å². The Bertz CT molecular complexity index is 445. The molecule has 0 heterocycles. The van der Waals surface area contributed by atoms with Gasteiger partial charge in [0.2, 0.25) is 0 Å². The van der Waals surface area contributed by atoms with Crippen LogP contribution >= 0.6 is 0 Å². The lowest BCUT2D eigenvalue weighted by atomic mass is 9.97. The number of benzene rings is 1. The van der Waals surface area contributed by atoms with Gasteiger partial charge < -0.3 is 9.84 Å². The molecule has 1 aromatic carbocycles. The number of esters is 1. The van der Waals surface area contributed by atoms with Gasteiger partial charge in [0.05, 0.1) is 0 Å². The molecular weight excluding hydrogens is 240 g/mol. The van der Waals surface area contributed by atoms with Gasteiger partial charge in [0.25, 0.3) is 0 Å². The first-order chi connectivity index (χ1) is 9.08. The van der Waals surface area contributed by atoms with E-state index in [0.717, 1.165) is 31.2 Å². The van der Waals surface area contributed by atoms with Gasteiger partial charge in [0.15, 0.2) is 0 Å². The average Bonchev–Trinajstić information content (AvgIpc) is 2.39. The molecule has 0 radical (unpaired) electrons. The number of ether oxygens (including phenoxy) is 1. The highest BCUT2D eigenvalue weighted by atomic mass is 16.5. The van der Waals surface area contributed by atoms with Crippen LogP contribution in [-0.4, -0.2) is 17.2 Å². The van der Waals surface area contributed by atoms with Gasteiger partial charge in [-0.25, -0.2) is 4.79 Å². The predicted molar refractivity (Wildman–Crippen MR) is 74.5 cm³/mol. The van der Waals surface area contributed by atoms with Gasteiger partial charge in [0.1, 0.15) is 17.4 Å². The van der Waals surface area contributed by atoms with Gasteiger partial charge in [-0.1, -0.05) is 26.3 Å². The van der Waals surface area contributed by atoms with E-state index in [-0.39, 0.29) is 17.4 Å². The zero-order valence-corrected chi connectivity index (χ0v) is 11.7. The van der Waals surface area contributed by atoms with E-state index >= 15 is 0 Å². The number of aromatic hydroxyl groups is 1. The van der Waals surface area contributed by atoms with Crippen LogP contribution in [0.25, 0.3) is 0 Å². The Morgan fingerprint density at radius 2 is 1.95 bits per heavy atom. The van der Waals surface area contributed by atoms with Crippen LogP contribution in [0, 0.1) is 0 Å². The van der Waals surface area contributed by atoms with Crippen LogP contribution in [-0.2, 0) is 4.74 Å². The van der Waals surface area contributed by atoms with Gasteiger partial charge in [-0.3, -0.25) is 0 Å². The van der Waals surface area contributed by atoms with Crippen molar-refractivity contribution in [1.82, 2.24) is 0 Å². The Balaban J connectivity index is 2.06. The van der Waals surface area contributed by atoms with Crippen LogP contribution in [0.5, 0.6) is 5.75 Å². The van der Waals surface area contributed by atoms with Crippen molar-refractivity contribution in [2.45, 2.75) is 58.0 Å². The van der Waals surface area contributed by atoms with Crippen LogP contribution < -0.4 is 0 Å². The largest absolute Gasteiger partial charge is 0.507 e. The van der Waals surface area contributed by atoms with Gasteiger partial charge >= 0.3 is 5.97 Å². The number of hydrogen-bond donors (Lipinski definition) is 1. The first-order valence-corrected chi connectivity index (χ1v) is 7.12. The molecule has 0 aliphatic heterocycles. The third-order valence-corrected chi connectivity index (χ3v) is 3.73. The smallest absolute Gasteiger partial charge is 0.342 e. The fraction of sp³-hybridized carbons (Fsp3) is 0.562. The summed E-state index contributed by atoms with van der Waals surface area (Å²) in [6.45, 7) is 4.10. The summed E-state index contributed by atoms with van der Waals surface area (Å²) >= 11 is 0. The van der Waals surface area contributed by atoms with E-state index in [1.165, 1.54) is 6.42 Å². The van der Waals surface area contributed by atoms with Crippen molar-refractivity contribution < 1.29 is 14.6 Å². The summed E-state index contributed by atoms with van der Waals surface area (Å²) in [5, 5.41) is 9.94. The Hall–Kier alpha value is -1.51. The molecule has 104 valence electrons. The zero-order valence-electron chi connectivity index (χ0n) is 11.7. The average molecular weight is 262 g/mol. The van der Waals surface area contributed by atoms with Crippen molar-refractivity contribution in [3.8, 4) is 5.75 Å². The monoisotopic (exact) mass is 262 g/mol. The highest BCUT2D eigenvalue weighted by molar-refractivity contribution is 5.92. The number of phenolic OH excluding ortho intramolecular Hbond substituents is 1. The van der Waals surface area contributed by atoms with Crippen LogP contribution in [0.4, 0.5) is 0 Å². The summed E-state index contributed by atoms with van der Waals surface area (Å²) in [6.07, 6.45) is 5.37.